The molecule has 1 N–H and O–H groups in total. The Morgan fingerprint density at radius 3 is 2.29 bits per heavy atom. The zero-order valence-electron chi connectivity index (χ0n) is 15.0. The molecule has 1 atom stereocenters. The van der Waals surface area contributed by atoms with Gasteiger partial charge in [-0.05, 0) is 31.9 Å². The van der Waals surface area contributed by atoms with Gasteiger partial charge in [-0.15, -0.1) is 5.10 Å². The van der Waals surface area contributed by atoms with E-state index in [4.69, 9.17) is 4.42 Å². The lowest BCUT2D eigenvalue weighted by Crippen LogP contribution is -2.47. The summed E-state index contributed by atoms with van der Waals surface area (Å²) in [7, 11) is 0. The van der Waals surface area contributed by atoms with Gasteiger partial charge in [-0.3, -0.25) is 4.79 Å². The molecule has 2 fully saturated rings. The van der Waals surface area contributed by atoms with E-state index in [1.165, 1.54) is 4.90 Å². The number of halogens is 4. The van der Waals surface area contributed by atoms with Gasteiger partial charge in [-0.2, -0.15) is 17.6 Å². The number of hydrogen-bond acceptors (Lipinski definition) is 5. The first kappa shape index (κ1) is 18.7. The van der Waals surface area contributed by atoms with Crippen LogP contribution in [0.3, 0.4) is 0 Å². The standard InChI is InChI=1S/C18H18F4N4O2/c1-11(23-15-25-24-13(28-15)12-5-3-2-4-6-12)14(27)26-9-7-16(8-10-26)17(19,20)18(16,21)22/h2-6,11H,7-10H2,1H3,(H,23,25)/t11-/m1/s1. The lowest BCUT2D eigenvalue weighted by Gasteiger charge is -2.33. The quantitative estimate of drug-likeness (QED) is 0.799. The second-order valence-corrected chi connectivity index (χ2v) is 7.20. The Bertz CT molecular complexity index is 863. The van der Waals surface area contributed by atoms with Crippen molar-refractivity contribution in [3.63, 3.8) is 0 Å². The summed E-state index contributed by atoms with van der Waals surface area (Å²) in [5.74, 6) is -8.10. The number of carbonyl (C=O) groups excluding carboxylic acids is 1. The molecule has 10 heteroatoms. The van der Waals surface area contributed by atoms with Crippen LogP contribution in [0.2, 0.25) is 0 Å². The van der Waals surface area contributed by atoms with E-state index in [1.807, 2.05) is 18.2 Å². The van der Waals surface area contributed by atoms with E-state index in [2.05, 4.69) is 15.5 Å². The molecular weight excluding hydrogens is 380 g/mol. The monoisotopic (exact) mass is 398 g/mol. The second-order valence-electron chi connectivity index (χ2n) is 7.20. The molecule has 2 aliphatic rings. The molecule has 28 heavy (non-hydrogen) atoms. The maximum Gasteiger partial charge on any atom is 0.322 e. The van der Waals surface area contributed by atoms with Gasteiger partial charge in [-0.25, -0.2) is 0 Å². The Hall–Kier alpha value is -2.65. The van der Waals surface area contributed by atoms with Crippen molar-refractivity contribution in [3.05, 3.63) is 30.3 Å². The molecule has 1 aliphatic carbocycles. The third kappa shape index (κ3) is 2.57. The minimum absolute atomic E-state index is 0.0356. The largest absolute Gasteiger partial charge is 0.403 e. The molecule has 1 amide bonds. The summed E-state index contributed by atoms with van der Waals surface area (Å²) in [5, 5.41) is 10.5. The lowest BCUT2D eigenvalue weighted by molar-refractivity contribution is -0.134. The SMILES string of the molecule is C[C@@H](Nc1nnc(-c2ccccc2)o1)C(=O)N1CCC2(CC1)C(F)(F)C2(F)F. The molecule has 1 spiro atoms. The number of amides is 1. The van der Waals surface area contributed by atoms with Gasteiger partial charge in [-0.1, -0.05) is 23.3 Å². The summed E-state index contributed by atoms with van der Waals surface area (Å²) in [6, 6.07) is 8.31. The summed E-state index contributed by atoms with van der Waals surface area (Å²) in [5.41, 5.74) is -1.58. The predicted octanol–water partition coefficient (Wildman–Crippen LogP) is 3.43. The third-order valence-electron chi connectivity index (χ3n) is 5.62. The highest BCUT2D eigenvalue weighted by Crippen LogP contribution is 2.76. The number of anilines is 1. The van der Waals surface area contributed by atoms with E-state index in [0.717, 1.165) is 5.56 Å². The zero-order chi connectivity index (χ0) is 20.2. The highest BCUT2D eigenvalue weighted by Gasteiger charge is 2.95. The molecule has 1 saturated heterocycles. The van der Waals surface area contributed by atoms with E-state index in [0.29, 0.717) is 0 Å². The fourth-order valence-corrected chi connectivity index (χ4v) is 3.76. The van der Waals surface area contributed by atoms with Crippen LogP contribution in [0.25, 0.3) is 11.5 Å². The Labute approximate surface area is 157 Å². The molecule has 1 aromatic carbocycles. The van der Waals surface area contributed by atoms with Crippen LogP contribution in [-0.4, -0.2) is 52.0 Å². The van der Waals surface area contributed by atoms with Crippen molar-refractivity contribution in [1.29, 1.82) is 0 Å². The van der Waals surface area contributed by atoms with Crippen LogP contribution < -0.4 is 5.32 Å². The van der Waals surface area contributed by atoms with Crippen LogP contribution in [0.4, 0.5) is 23.6 Å². The van der Waals surface area contributed by atoms with Gasteiger partial charge in [0, 0.05) is 18.7 Å². The predicted molar refractivity (Wildman–Crippen MR) is 91.0 cm³/mol. The van der Waals surface area contributed by atoms with Crippen LogP contribution in [0.5, 0.6) is 0 Å². The van der Waals surface area contributed by atoms with Gasteiger partial charge in [0.05, 0.1) is 0 Å². The molecule has 1 saturated carbocycles. The van der Waals surface area contributed by atoms with Crippen molar-refractivity contribution in [2.45, 2.75) is 37.7 Å². The van der Waals surface area contributed by atoms with Gasteiger partial charge < -0.3 is 14.6 Å². The maximum absolute atomic E-state index is 13.5. The number of likely N-dealkylation sites (tertiary alicyclic amines) is 1. The highest BCUT2D eigenvalue weighted by molar-refractivity contribution is 5.83. The summed E-state index contributed by atoms with van der Waals surface area (Å²) < 4.78 is 59.4. The van der Waals surface area contributed by atoms with Crippen molar-refractivity contribution in [1.82, 2.24) is 15.1 Å². The van der Waals surface area contributed by atoms with Gasteiger partial charge in [0.15, 0.2) is 0 Å². The summed E-state index contributed by atoms with van der Waals surface area (Å²) in [4.78, 5) is 13.8. The van der Waals surface area contributed by atoms with Gasteiger partial charge in [0.1, 0.15) is 11.5 Å². The number of carbonyl (C=O) groups is 1. The molecule has 1 aromatic heterocycles. The highest BCUT2D eigenvalue weighted by atomic mass is 19.3. The number of piperidine rings is 1. The molecule has 6 nitrogen and oxygen atoms in total. The number of alkyl halides is 4. The van der Waals surface area contributed by atoms with E-state index in [-0.39, 0.29) is 25.0 Å². The number of nitrogens with zero attached hydrogens (tertiary/aromatic N) is 3. The molecule has 0 radical (unpaired) electrons. The van der Waals surface area contributed by atoms with Gasteiger partial charge >= 0.3 is 17.9 Å². The molecule has 0 unspecified atom stereocenters. The molecule has 150 valence electrons. The number of rotatable bonds is 4. The molecular formula is C18H18F4N4O2. The van der Waals surface area contributed by atoms with E-state index in [1.54, 1.807) is 19.1 Å². The topological polar surface area (TPSA) is 71.3 Å². The molecule has 2 aromatic rings. The lowest BCUT2D eigenvalue weighted by atomic mass is 9.92. The summed E-state index contributed by atoms with van der Waals surface area (Å²) >= 11 is 0. The smallest absolute Gasteiger partial charge is 0.322 e. The first-order valence-corrected chi connectivity index (χ1v) is 8.89. The Morgan fingerprint density at radius 1 is 1.11 bits per heavy atom. The maximum atomic E-state index is 13.5. The van der Waals surface area contributed by atoms with E-state index in [9.17, 15) is 22.4 Å². The second kappa shape index (κ2) is 6.18. The summed E-state index contributed by atoms with van der Waals surface area (Å²) in [6.45, 7) is 1.27. The molecule has 4 rings (SSSR count). The average molecular weight is 398 g/mol. The van der Waals surface area contributed by atoms with Crippen LogP contribution in [0, 0.1) is 5.41 Å². The summed E-state index contributed by atoms with van der Waals surface area (Å²) in [6.07, 6.45) is -0.853. The van der Waals surface area contributed by atoms with Gasteiger partial charge in [0.2, 0.25) is 11.8 Å². The van der Waals surface area contributed by atoms with Crippen molar-refractivity contribution >= 4 is 11.9 Å². The first-order chi connectivity index (χ1) is 13.2. The number of nitrogens with one attached hydrogen (secondary N) is 1. The Morgan fingerprint density at radius 2 is 1.71 bits per heavy atom. The van der Waals surface area contributed by atoms with Crippen LogP contribution in [-0.2, 0) is 4.79 Å². The number of aromatic nitrogens is 2. The minimum atomic E-state index is -3.99. The fourth-order valence-electron chi connectivity index (χ4n) is 3.76. The molecule has 0 bridgehead atoms. The van der Waals surface area contributed by atoms with E-state index < -0.39 is 42.1 Å². The third-order valence-corrected chi connectivity index (χ3v) is 5.62. The van der Waals surface area contributed by atoms with Gasteiger partial charge in [0.25, 0.3) is 0 Å². The normalized spacial score (nSPS) is 22.7. The Balaban J connectivity index is 1.36. The average Bonchev–Trinajstić information content (AvgIpc) is 3.04. The van der Waals surface area contributed by atoms with Crippen molar-refractivity contribution < 1.29 is 26.8 Å². The van der Waals surface area contributed by atoms with Crippen LogP contribution in [0.1, 0.15) is 19.8 Å². The molecule has 2 heterocycles. The van der Waals surface area contributed by atoms with Crippen molar-refractivity contribution in [2.24, 2.45) is 5.41 Å². The zero-order valence-corrected chi connectivity index (χ0v) is 15.0. The number of benzene rings is 1. The van der Waals surface area contributed by atoms with Crippen molar-refractivity contribution in [3.8, 4) is 11.5 Å². The molecule has 1 aliphatic heterocycles. The van der Waals surface area contributed by atoms with Crippen LogP contribution in [0.15, 0.2) is 34.7 Å². The fraction of sp³-hybridized carbons (Fsp3) is 0.500. The van der Waals surface area contributed by atoms with E-state index >= 15 is 0 Å². The van der Waals surface area contributed by atoms with Crippen molar-refractivity contribution in [2.75, 3.05) is 18.4 Å². The van der Waals surface area contributed by atoms with Crippen LogP contribution >= 0.6 is 0 Å². The Kier molecular flexibility index (Phi) is 4.13. The number of hydrogen-bond donors (Lipinski definition) is 1. The first-order valence-electron chi connectivity index (χ1n) is 8.89. The minimum Gasteiger partial charge on any atom is -0.403 e.